The van der Waals surface area contributed by atoms with E-state index in [0.29, 0.717) is 6.61 Å². The normalized spacial score (nSPS) is 10.9. The second kappa shape index (κ2) is 5.15. The summed E-state index contributed by atoms with van der Waals surface area (Å²) >= 11 is 0. The lowest BCUT2D eigenvalue weighted by Crippen LogP contribution is -2.07. The number of hydrogen-bond acceptors (Lipinski definition) is 2. The van der Waals surface area contributed by atoms with Crippen molar-refractivity contribution in [3.63, 3.8) is 0 Å². The molecule has 1 N–H and O–H groups in total. The molecule has 0 aliphatic heterocycles. The van der Waals surface area contributed by atoms with E-state index in [2.05, 4.69) is 11.9 Å². The van der Waals surface area contributed by atoms with Crippen LogP contribution >= 0.6 is 0 Å². The molecule has 0 aliphatic carbocycles. The number of benzene rings is 1. The van der Waals surface area contributed by atoms with Crippen LogP contribution < -0.4 is 5.43 Å². The van der Waals surface area contributed by atoms with Crippen molar-refractivity contribution in [2.75, 3.05) is 7.11 Å². The van der Waals surface area contributed by atoms with Crippen LogP contribution in [-0.2, 0) is 17.8 Å². The summed E-state index contributed by atoms with van der Waals surface area (Å²) in [7, 11) is 1.66. The number of nitrogens with one attached hydrogen (secondary N) is 1. The van der Waals surface area contributed by atoms with E-state index in [-0.39, 0.29) is 5.43 Å². The van der Waals surface area contributed by atoms with Crippen molar-refractivity contribution < 1.29 is 4.74 Å². The summed E-state index contributed by atoms with van der Waals surface area (Å²) < 4.78 is 5.15. The van der Waals surface area contributed by atoms with Gasteiger partial charge in [-0.05, 0) is 12.5 Å². The third kappa shape index (κ3) is 2.39. The van der Waals surface area contributed by atoms with Crippen LogP contribution in [0.5, 0.6) is 0 Å². The highest BCUT2D eigenvalue weighted by atomic mass is 16.5. The number of methoxy groups -OCH3 is 1. The molecule has 1 aromatic heterocycles. The van der Waals surface area contributed by atoms with E-state index < -0.39 is 0 Å². The molecule has 0 saturated carbocycles. The quantitative estimate of drug-likeness (QED) is 0.878. The molecule has 0 fully saturated rings. The number of aryl methyl sites for hydroxylation is 1. The molecule has 2 aromatic rings. The van der Waals surface area contributed by atoms with Gasteiger partial charge < -0.3 is 9.72 Å². The minimum Gasteiger partial charge on any atom is -0.380 e. The second-order valence-electron chi connectivity index (χ2n) is 4.18. The lowest BCUT2D eigenvalue weighted by Gasteiger charge is -2.07. The highest BCUT2D eigenvalue weighted by Crippen LogP contribution is 2.15. The van der Waals surface area contributed by atoms with Crippen molar-refractivity contribution >= 4 is 10.9 Å². The van der Waals surface area contributed by atoms with Gasteiger partial charge in [0.25, 0.3) is 0 Å². The van der Waals surface area contributed by atoms with Crippen molar-refractivity contribution in [1.82, 2.24) is 4.98 Å². The maximum absolute atomic E-state index is 12.0. The minimum atomic E-state index is 0.0835. The molecule has 90 valence electrons. The summed E-state index contributed by atoms with van der Waals surface area (Å²) in [6.07, 6.45) is 1.92. The zero-order valence-electron chi connectivity index (χ0n) is 10.2. The standard InChI is InChI=1S/C14H17NO2/c1-3-5-11-8-13(16)12-7-4-6-10(9-17-2)14(12)15-11/h4,6-8H,3,5,9H2,1-2H3,(H,15,16). The summed E-state index contributed by atoms with van der Waals surface area (Å²) in [4.78, 5) is 15.3. The molecular weight excluding hydrogens is 214 g/mol. The minimum absolute atomic E-state index is 0.0835. The summed E-state index contributed by atoms with van der Waals surface area (Å²) in [5, 5.41) is 0.736. The first-order valence-corrected chi connectivity index (χ1v) is 5.89. The van der Waals surface area contributed by atoms with Gasteiger partial charge in [0, 0.05) is 29.8 Å². The first-order chi connectivity index (χ1) is 8.26. The molecule has 0 amide bonds. The Morgan fingerprint density at radius 3 is 2.88 bits per heavy atom. The van der Waals surface area contributed by atoms with Crippen LogP contribution in [0.3, 0.4) is 0 Å². The Balaban J connectivity index is 2.65. The van der Waals surface area contributed by atoms with Gasteiger partial charge in [0.1, 0.15) is 0 Å². The monoisotopic (exact) mass is 231 g/mol. The molecule has 3 nitrogen and oxygen atoms in total. The number of H-pyrrole nitrogens is 1. The first kappa shape index (κ1) is 11.9. The Labute approximate surface area is 100 Å². The van der Waals surface area contributed by atoms with Gasteiger partial charge in [-0.15, -0.1) is 0 Å². The van der Waals surface area contributed by atoms with Crippen LogP contribution in [0.4, 0.5) is 0 Å². The van der Waals surface area contributed by atoms with Gasteiger partial charge >= 0.3 is 0 Å². The average Bonchev–Trinajstić information content (AvgIpc) is 2.31. The molecule has 17 heavy (non-hydrogen) atoms. The Hall–Kier alpha value is -1.61. The number of rotatable bonds is 4. The van der Waals surface area contributed by atoms with Crippen molar-refractivity contribution in [2.24, 2.45) is 0 Å². The van der Waals surface area contributed by atoms with Gasteiger partial charge in [-0.1, -0.05) is 25.5 Å². The zero-order chi connectivity index (χ0) is 12.3. The fourth-order valence-electron chi connectivity index (χ4n) is 2.07. The third-order valence-corrected chi connectivity index (χ3v) is 2.83. The fourth-order valence-corrected chi connectivity index (χ4v) is 2.07. The number of para-hydroxylation sites is 1. The van der Waals surface area contributed by atoms with Crippen LogP contribution in [0.15, 0.2) is 29.1 Å². The molecule has 0 radical (unpaired) electrons. The number of hydrogen-bond donors (Lipinski definition) is 1. The number of ether oxygens (including phenoxy) is 1. The molecule has 1 heterocycles. The molecule has 0 aliphatic rings. The summed E-state index contributed by atoms with van der Waals surface area (Å²) in [6.45, 7) is 2.62. The van der Waals surface area contributed by atoms with E-state index >= 15 is 0 Å². The Bertz CT molecular complexity index is 572. The lowest BCUT2D eigenvalue weighted by molar-refractivity contribution is 0.186. The van der Waals surface area contributed by atoms with Gasteiger partial charge in [-0.25, -0.2) is 0 Å². The molecule has 0 atom stereocenters. The van der Waals surface area contributed by atoms with Crippen molar-refractivity contribution in [3.8, 4) is 0 Å². The van der Waals surface area contributed by atoms with E-state index in [1.165, 1.54) is 0 Å². The van der Waals surface area contributed by atoms with Gasteiger partial charge in [0.2, 0.25) is 0 Å². The van der Waals surface area contributed by atoms with Gasteiger partial charge in [-0.3, -0.25) is 4.79 Å². The molecule has 0 saturated heterocycles. The van der Waals surface area contributed by atoms with E-state index in [4.69, 9.17) is 4.74 Å². The largest absolute Gasteiger partial charge is 0.380 e. The maximum Gasteiger partial charge on any atom is 0.189 e. The SMILES string of the molecule is CCCc1cc(=O)c2cccc(COC)c2[nH]1. The molecule has 0 unspecified atom stereocenters. The van der Waals surface area contributed by atoms with Crippen molar-refractivity contribution in [3.05, 3.63) is 45.7 Å². The molecule has 0 bridgehead atoms. The van der Waals surface area contributed by atoms with Crippen molar-refractivity contribution in [2.45, 2.75) is 26.4 Å². The van der Waals surface area contributed by atoms with E-state index in [1.807, 2.05) is 18.2 Å². The van der Waals surface area contributed by atoms with Crippen LogP contribution in [0, 0.1) is 0 Å². The number of pyridine rings is 1. The number of fused-ring (bicyclic) bond motifs is 1. The Kier molecular flexibility index (Phi) is 3.59. The smallest absolute Gasteiger partial charge is 0.189 e. The number of aromatic amines is 1. The maximum atomic E-state index is 12.0. The zero-order valence-corrected chi connectivity index (χ0v) is 10.2. The molecular formula is C14H17NO2. The van der Waals surface area contributed by atoms with E-state index in [1.54, 1.807) is 13.2 Å². The molecule has 0 spiro atoms. The Morgan fingerprint density at radius 1 is 1.35 bits per heavy atom. The molecule has 3 heteroatoms. The van der Waals surface area contributed by atoms with Crippen LogP contribution in [0.1, 0.15) is 24.6 Å². The lowest BCUT2D eigenvalue weighted by atomic mass is 10.1. The number of aromatic nitrogens is 1. The topological polar surface area (TPSA) is 42.1 Å². The summed E-state index contributed by atoms with van der Waals surface area (Å²) in [6, 6.07) is 7.42. The second-order valence-corrected chi connectivity index (χ2v) is 4.18. The van der Waals surface area contributed by atoms with E-state index in [9.17, 15) is 4.79 Å². The molecule has 1 aromatic carbocycles. The van der Waals surface area contributed by atoms with Crippen molar-refractivity contribution in [1.29, 1.82) is 0 Å². The van der Waals surface area contributed by atoms with Crippen LogP contribution in [0.25, 0.3) is 10.9 Å². The van der Waals surface area contributed by atoms with Gasteiger partial charge in [0.05, 0.1) is 12.1 Å². The highest BCUT2D eigenvalue weighted by molar-refractivity contribution is 5.81. The van der Waals surface area contributed by atoms with Crippen LogP contribution in [0.2, 0.25) is 0 Å². The highest BCUT2D eigenvalue weighted by Gasteiger charge is 2.05. The summed E-state index contributed by atoms with van der Waals surface area (Å²) in [5.41, 5.74) is 3.01. The predicted octanol–water partition coefficient (Wildman–Crippen LogP) is 2.63. The summed E-state index contributed by atoms with van der Waals surface area (Å²) in [5.74, 6) is 0. The average molecular weight is 231 g/mol. The van der Waals surface area contributed by atoms with Gasteiger partial charge in [-0.2, -0.15) is 0 Å². The van der Waals surface area contributed by atoms with E-state index in [0.717, 1.165) is 35.0 Å². The van der Waals surface area contributed by atoms with Gasteiger partial charge in [0.15, 0.2) is 5.43 Å². The predicted molar refractivity (Wildman–Crippen MR) is 69.3 cm³/mol. The third-order valence-electron chi connectivity index (χ3n) is 2.83. The molecule has 2 rings (SSSR count). The van der Waals surface area contributed by atoms with Crippen LogP contribution in [-0.4, -0.2) is 12.1 Å². The first-order valence-electron chi connectivity index (χ1n) is 5.89. The fraction of sp³-hybridized carbons (Fsp3) is 0.357. The Morgan fingerprint density at radius 2 is 2.18 bits per heavy atom.